The van der Waals surface area contributed by atoms with Gasteiger partial charge in [-0.1, -0.05) is 6.07 Å². The number of hydrogen-bond acceptors (Lipinski definition) is 3. The Hall–Kier alpha value is -1.00. The summed E-state index contributed by atoms with van der Waals surface area (Å²) >= 11 is 0. The van der Waals surface area contributed by atoms with Crippen molar-refractivity contribution < 1.29 is 18.3 Å². The Morgan fingerprint density at radius 3 is 2.58 bits per heavy atom. The van der Waals surface area contributed by atoms with Crippen molar-refractivity contribution in [2.75, 3.05) is 32.8 Å². The van der Waals surface area contributed by atoms with Crippen molar-refractivity contribution in [1.29, 1.82) is 0 Å². The predicted octanol–water partition coefficient (Wildman–Crippen LogP) is 4.45. The fraction of sp³-hybridized carbons (Fsp3) is 0.696. The van der Waals surface area contributed by atoms with Crippen LogP contribution < -0.4 is 5.32 Å². The normalized spacial score (nSPS) is 27.0. The van der Waals surface area contributed by atoms with Crippen LogP contribution in [0, 0.1) is 11.6 Å². The number of nitrogens with zero attached hydrogens (tertiary/aromatic N) is 2. The topological polar surface area (TPSA) is 46.1 Å². The van der Waals surface area contributed by atoms with Gasteiger partial charge >= 0.3 is 0 Å². The van der Waals surface area contributed by atoms with Crippen molar-refractivity contribution in [2.45, 2.75) is 69.6 Å². The molecule has 0 amide bonds. The number of likely N-dealkylation sites (tertiary alicyclic amines) is 1. The summed E-state index contributed by atoms with van der Waals surface area (Å²) in [5, 5.41) is 3.44. The van der Waals surface area contributed by atoms with Crippen LogP contribution in [-0.2, 0) is 9.47 Å². The van der Waals surface area contributed by atoms with E-state index in [1.807, 2.05) is 6.92 Å². The summed E-state index contributed by atoms with van der Waals surface area (Å²) in [6, 6.07) is 4.10. The molecule has 1 aliphatic carbocycles. The minimum Gasteiger partial charge on any atom is -0.376 e. The SMILES string of the molecule is CCN=C(NC1CC1c1c(F)cccc1F)N1CCC(OCC2CCCCO2)CC1.I. The Balaban J connectivity index is 0.00000272. The summed E-state index contributed by atoms with van der Waals surface area (Å²) in [5.41, 5.74) is 0.197. The molecule has 0 aromatic heterocycles. The van der Waals surface area contributed by atoms with E-state index in [4.69, 9.17) is 9.47 Å². The van der Waals surface area contributed by atoms with Crippen LogP contribution in [0.25, 0.3) is 0 Å². The van der Waals surface area contributed by atoms with Crippen LogP contribution in [0.2, 0.25) is 0 Å². The molecule has 174 valence electrons. The molecule has 1 saturated carbocycles. The van der Waals surface area contributed by atoms with Gasteiger partial charge in [-0.25, -0.2) is 8.78 Å². The average molecular weight is 549 g/mol. The summed E-state index contributed by atoms with van der Waals surface area (Å²) < 4.78 is 40.0. The molecule has 2 saturated heterocycles. The number of aliphatic imine (C=N–C) groups is 1. The van der Waals surface area contributed by atoms with Crippen LogP contribution in [0.5, 0.6) is 0 Å². The van der Waals surface area contributed by atoms with E-state index < -0.39 is 11.6 Å². The molecule has 3 fully saturated rings. The van der Waals surface area contributed by atoms with E-state index in [1.165, 1.54) is 24.6 Å². The lowest BCUT2D eigenvalue weighted by Gasteiger charge is -2.35. The van der Waals surface area contributed by atoms with Crippen molar-refractivity contribution in [2.24, 2.45) is 4.99 Å². The van der Waals surface area contributed by atoms with Crippen molar-refractivity contribution in [3.8, 4) is 0 Å². The smallest absolute Gasteiger partial charge is 0.194 e. The third kappa shape index (κ3) is 6.51. The van der Waals surface area contributed by atoms with Gasteiger partial charge in [-0.15, -0.1) is 24.0 Å². The van der Waals surface area contributed by atoms with E-state index >= 15 is 0 Å². The number of rotatable bonds is 6. The third-order valence-corrected chi connectivity index (χ3v) is 6.32. The van der Waals surface area contributed by atoms with Gasteiger partial charge < -0.3 is 19.7 Å². The summed E-state index contributed by atoms with van der Waals surface area (Å²) in [5.74, 6) is -0.211. The molecule has 2 aliphatic heterocycles. The summed E-state index contributed by atoms with van der Waals surface area (Å²) in [6.45, 7) is 5.96. The van der Waals surface area contributed by atoms with Gasteiger partial charge in [0.15, 0.2) is 5.96 Å². The van der Waals surface area contributed by atoms with Crippen LogP contribution >= 0.6 is 24.0 Å². The number of benzene rings is 1. The molecule has 0 radical (unpaired) electrons. The maximum Gasteiger partial charge on any atom is 0.194 e. The Labute approximate surface area is 201 Å². The number of ether oxygens (including phenoxy) is 2. The lowest BCUT2D eigenvalue weighted by molar-refractivity contribution is -0.0721. The zero-order valence-corrected chi connectivity index (χ0v) is 20.5. The van der Waals surface area contributed by atoms with Gasteiger partial charge in [0, 0.05) is 43.8 Å². The Morgan fingerprint density at radius 2 is 1.94 bits per heavy atom. The second kappa shape index (κ2) is 11.7. The standard InChI is InChI=1S/C23H33F2N3O2.HI/c1-2-26-23(27-21-14-18(21)22-19(24)7-5-8-20(22)25)28-11-9-16(10-12-28)30-15-17-6-3-4-13-29-17;/h5,7-8,16-18,21H,2-4,6,9-15H2,1H3,(H,26,27);1H. The highest BCUT2D eigenvalue weighted by atomic mass is 127. The van der Waals surface area contributed by atoms with Gasteiger partial charge in [-0.2, -0.15) is 0 Å². The monoisotopic (exact) mass is 549 g/mol. The maximum absolute atomic E-state index is 14.1. The number of nitrogens with one attached hydrogen (secondary N) is 1. The second-order valence-electron chi connectivity index (χ2n) is 8.53. The molecular formula is C23H34F2IN3O2. The van der Waals surface area contributed by atoms with Gasteiger partial charge in [-0.05, 0) is 57.6 Å². The van der Waals surface area contributed by atoms with Crippen LogP contribution in [0.3, 0.4) is 0 Å². The average Bonchev–Trinajstić information content (AvgIpc) is 3.51. The minimum absolute atomic E-state index is 0. The maximum atomic E-state index is 14.1. The number of piperidine rings is 1. The highest BCUT2D eigenvalue weighted by Gasteiger charge is 2.43. The van der Waals surface area contributed by atoms with E-state index in [2.05, 4.69) is 15.2 Å². The van der Waals surface area contributed by atoms with Gasteiger partial charge in [0.05, 0.1) is 18.8 Å². The molecule has 1 aromatic carbocycles. The van der Waals surface area contributed by atoms with Crippen molar-refractivity contribution >= 4 is 29.9 Å². The Kier molecular flexibility index (Phi) is 9.33. The van der Waals surface area contributed by atoms with E-state index in [1.54, 1.807) is 0 Å². The van der Waals surface area contributed by atoms with Gasteiger partial charge in [0.1, 0.15) is 11.6 Å². The van der Waals surface area contributed by atoms with Gasteiger partial charge in [-0.3, -0.25) is 4.99 Å². The van der Waals surface area contributed by atoms with Crippen LogP contribution in [-0.4, -0.2) is 62.0 Å². The molecule has 0 bridgehead atoms. The molecule has 4 rings (SSSR count). The lowest BCUT2D eigenvalue weighted by atomic mass is 10.1. The van der Waals surface area contributed by atoms with E-state index in [-0.39, 0.29) is 53.7 Å². The van der Waals surface area contributed by atoms with Crippen molar-refractivity contribution in [1.82, 2.24) is 10.2 Å². The molecule has 3 atom stereocenters. The summed E-state index contributed by atoms with van der Waals surface area (Å²) in [6.07, 6.45) is 6.63. The first-order valence-electron chi connectivity index (χ1n) is 11.4. The van der Waals surface area contributed by atoms with Gasteiger partial charge in [0.25, 0.3) is 0 Å². The van der Waals surface area contributed by atoms with Crippen LogP contribution in [0.1, 0.15) is 56.9 Å². The fourth-order valence-electron chi connectivity index (χ4n) is 4.51. The largest absolute Gasteiger partial charge is 0.376 e. The molecule has 1 N–H and O–H groups in total. The van der Waals surface area contributed by atoms with E-state index in [9.17, 15) is 8.78 Å². The second-order valence-corrected chi connectivity index (χ2v) is 8.53. The van der Waals surface area contributed by atoms with Gasteiger partial charge in [0.2, 0.25) is 0 Å². The molecule has 5 nitrogen and oxygen atoms in total. The lowest BCUT2D eigenvalue weighted by Crippen LogP contribution is -2.48. The molecule has 1 aromatic rings. The fourth-order valence-corrected chi connectivity index (χ4v) is 4.51. The quantitative estimate of drug-likeness (QED) is 0.324. The summed E-state index contributed by atoms with van der Waals surface area (Å²) in [7, 11) is 0. The first kappa shape index (κ1) is 24.6. The van der Waals surface area contributed by atoms with Crippen LogP contribution in [0.4, 0.5) is 8.78 Å². The van der Waals surface area contributed by atoms with Crippen molar-refractivity contribution in [3.63, 3.8) is 0 Å². The highest BCUT2D eigenvalue weighted by Crippen LogP contribution is 2.43. The number of hydrogen-bond donors (Lipinski definition) is 1. The first-order chi connectivity index (χ1) is 14.7. The molecule has 2 heterocycles. The zero-order valence-electron chi connectivity index (χ0n) is 18.2. The number of halogens is 3. The molecular weight excluding hydrogens is 515 g/mol. The molecule has 8 heteroatoms. The van der Waals surface area contributed by atoms with Crippen molar-refractivity contribution in [3.05, 3.63) is 35.4 Å². The minimum atomic E-state index is -0.460. The van der Waals surface area contributed by atoms with Crippen LogP contribution in [0.15, 0.2) is 23.2 Å². The molecule has 3 aliphatic rings. The summed E-state index contributed by atoms with van der Waals surface area (Å²) in [4.78, 5) is 6.87. The Bertz CT molecular complexity index is 717. The van der Waals surface area contributed by atoms with E-state index in [0.29, 0.717) is 13.2 Å². The van der Waals surface area contributed by atoms with E-state index in [0.717, 1.165) is 57.8 Å². The highest BCUT2D eigenvalue weighted by molar-refractivity contribution is 14.0. The molecule has 3 unspecified atom stereocenters. The molecule has 0 spiro atoms. The number of guanidine groups is 1. The molecule has 31 heavy (non-hydrogen) atoms. The third-order valence-electron chi connectivity index (χ3n) is 6.32. The Morgan fingerprint density at radius 1 is 1.19 bits per heavy atom. The zero-order chi connectivity index (χ0) is 20.9. The predicted molar refractivity (Wildman–Crippen MR) is 128 cm³/mol. The first-order valence-corrected chi connectivity index (χ1v) is 11.4.